The lowest BCUT2D eigenvalue weighted by molar-refractivity contribution is 0.602. The van der Waals surface area contributed by atoms with Crippen molar-refractivity contribution in [3.05, 3.63) is 48.3 Å². The van der Waals surface area contributed by atoms with E-state index < -0.39 is 15.7 Å². The van der Waals surface area contributed by atoms with Gasteiger partial charge in [-0.2, -0.15) is 0 Å². The lowest BCUT2D eigenvalue weighted by Crippen LogP contribution is -2.02. The molecule has 3 N–H and O–H groups in total. The summed E-state index contributed by atoms with van der Waals surface area (Å²) in [6, 6.07) is 10.4. The summed E-state index contributed by atoms with van der Waals surface area (Å²) in [6.07, 6.45) is 1.10. The highest BCUT2D eigenvalue weighted by atomic mass is 32.2. The fourth-order valence-corrected chi connectivity index (χ4v) is 2.25. The molecule has 0 radical (unpaired) electrons. The van der Waals surface area contributed by atoms with E-state index in [0.29, 0.717) is 5.69 Å². The van der Waals surface area contributed by atoms with E-state index in [1.54, 1.807) is 18.2 Å². The van der Waals surface area contributed by atoms with Gasteiger partial charge in [0.15, 0.2) is 9.84 Å². The molecular weight excluding hydrogens is 267 g/mol. The van der Waals surface area contributed by atoms with Gasteiger partial charge in [0.1, 0.15) is 5.82 Å². The van der Waals surface area contributed by atoms with E-state index >= 15 is 0 Å². The molecule has 0 atom stereocenters. The molecule has 0 aliphatic heterocycles. The Morgan fingerprint density at radius 2 is 1.79 bits per heavy atom. The Morgan fingerprint density at radius 1 is 1.11 bits per heavy atom. The molecule has 0 heterocycles. The molecule has 100 valence electrons. The van der Waals surface area contributed by atoms with Crippen molar-refractivity contribution >= 4 is 26.9 Å². The molecule has 2 aromatic carbocycles. The molecule has 4 nitrogen and oxygen atoms in total. The normalized spacial score (nSPS) is 11.3. The molecular formula is C13H13FN2O2S. The second kappa shape index (κ2) is 4.89. The Bertz CT molecular complexity index is 714. The number of benzene rings is 2. The third-order valence-corrected chi connectivity index (χ3v) is 3.70. The van der Waals surface area contributed by atoms with Crippen LogP contribution in [0.4, 0.5) is 21.5 Å². The summed E-state index contributed by atoms with van der Waals surface area (Å²) < 4.78 is 36.2. The minimum Gasteiger partial charge on any atom is -0.397 e. The molecule has 2 aromatic rings. The first-order valence-corrected chi connectivity index (χ1v) is 7.38. The summed E-state index contributed by atoms with van der Waals surface area (Å²) in [5.41, 5.74) is 6.74. The standard InChI is InChI=1S/C13H13FN2O2S/c1-19(17,18)9-6-7-13(11(15)8-9)16-12-5-3-2-4-10(12)14/h2-8,16H,15H2,1H3. The van der Waals surface area contributed by atoms with Crippen molar-refractivity contribution in [1.29, 1.82) is 0 Å². The molecule has 0 aromatic heterocycles. The van der Waals surface area contributed by atoms with Crippen LogP contribution in [0.5, 0.6) is 0 Å². The lowest BCUT2D eigenvalue weighted by Gasteiger charge is -2.11. The van der Waals surface area contributed by atoms with Crippen LogP contribution >= 0.6 is 0 Å². The number of para-hydroxylation sites is 1. The molecule has 0 fully saturated rings. The molecule has 0 saturated carbocycles. The van der Waals surface area contributed by atoms with Crippen molar-refractivity contribution in [3.8, 4) is 0 Å². The van der Waals surface area contributed by atoms with Crippen LogP contribution < -0.4 is 11.1 Å². The van der Waals surface area contributed by atoms with Gasteiger partial charge >= 0.3 is 0 Å². The predicted molar refractivity (Wildman–Crippen MR) is 73.6 cm³/mol. The van der Waals surface area contributed by atoms with Crippen LogP contribution in [0.2, 0.25) is 0 Å². The highest BCUT2D eigenvalue weighted by Crippen LogP contribution is 2.27. The molecule has 0 saturated heterocycles. The lowest BCUT2D eigenvalue weighted by atomic mass is 10.2. The first-order chi connectivity index (χ1) is 8.88. The van der Waals surface area contributed by atoms with Gasteiger partial charge in [0.05, 0.1) is 22.0 Å². The molecule has 0 aliphatic rings. The van der Waals surface area contributed by atoms with Crippen LogP contribution in [0.25, 0.3) is 0 Å². The van der Waals surface area contributed by atoms with Crippen molar-refractivity contribution in [1.82, 2.24) is 0 Å². The van der Waals surface area contributed by atoms with Crippen LogP contribution in [0.3, 0.4) is 0 Å². The quantitative estimate of drug-likeness (QED) is 0.848. The number of sulfone groups is 1. The number of hydrogen-bond acceptors (Lipinski definition) is 4. The molecule has 0 spiro atoms. The predicted octanol–water partition coefficient (Wildman–Crippen LogP) is 2.55. The molecule has 2 rings (SSSR count). The Balaban J connectivity index is 2.36. The van der Waals surface area contributed by atoms with E-state index in [4.69, 9.17) is 5.73 Å². The topological polar surface area (TPSA) is 72.2 Å². The van der Waals surface area contributed by atoms with Gasteiger partial charge in [0, 0.05) is 6.26 Å². The number of nitrogens with one attached hydrogen (secondary N) is 1. The highest BCUT2D eigenvalue weighted by Gasteiger charge is 2.10. The number of rotatable bonds is 3. The largest absolute Gasteiger partial charge is 0.397 e. The third kappa shape index (κ3) is 3.03. The van der Waals surface area contributed by atoms with Crippen molar-refractivity contribution in [3.63, 3.8) is 0 Å². The Hall–Kier alpha value is -2.08. The van der Waals surface area contributed by atoms with Gasteiger partial charge in [0.25, 0.3) is 0 Å². The van der Waals surface area contributed by atoms with Crippen molar-refractivity contribution in [2.45, 2.75) is 4.90 Å². The molecule has 19 heavy (non-hydrogen) atoms. The molecule has 0 unspecified atom stereocenters. The number of hydrogen-bond donors (Lipinski definition) is 2. The number of halogens is 1. The SMILES string of the molecule is CS(=O)(=O)c1ccc(Nc2ccccc2F)c(N)c1. The van der Waals surface area contributed by atoms with E-state index in [-0.39, 0.29) is 16.3 Å². The van der Waals surface area contributed by atoms with E-state index in [1.165, 1.54) is 24.3 Å². The van der Waals surface area contributed by atoms with Crippen molar-refractivity contribution in [2.24, 2.45) is 0 Å². The summed E-state index contributed by atoms with van der Waals surface area (Å²) in [6.45, 7) is 0. The average molecular weight is 280 g/mol. The fourth-order valence-electron chi connectivity index (χ4n) is 1.59. The second-order valence-electron chi connectivity index (χ2n) is 4.13. The summed E-state index contributed by atoms with van der Waals surface area (Å²) in [5.74, 6) is -0.408. The second-order valence-corrected chi connectivity index (χ2v) is 6.14. The molecule has 0 aliphatic carbocycles. The van der Waals surface area contributed by atoms with Crippen LogP contribution in [-0.4, -0.2) is 14.7 Å². The smallest absolute Gasteiger partial charge is 0.175 e. The van der Waals surface area contributed by atoms with Gasteiger partial charge in [-0.15, -0.1) is 0 Å². The zero-order valence-electron chi connectivity index (χ0n) is 10.2. The fraction of sp³-hybridized carbons (Fsp3) is 0.0769. The molecule has 0 bridgehead atoms. The van der Waals surface area contributed by atoms with E-state index in [0.717, 1.165) is 6.26 Å². The zero-order chi connectivity index (χ0) is 14.0. The third-order valence-electron chi connectivity index (χ3n) is 2.59. The Morgan fingerprint density at radius 3 is 2.37 bits per heavy atom. The summed E-state index contributed by atoms with van der Waals surface area (Å²) >= 11 is 0. The van der Waals surface area contributed by atoms with Gasteiger partial charge in [-0.05, 0) is 30.3 Å². The Kier molecular flexibility index (Phi) is 3.44. The zero-order valence-corrected chi connectivity index (χ0v) is 11.0. The Labute approximate surface area is 111 Å². The van der Waals surface area contributed by atoms with Crippen LogP contribution in [-0.2, 0) is 9.84 Å². The monoisotopic (exact) mass is 280 g/mol. The maximum Gasteiger partial charge on any atom is 0.175 e. The van der Waals surface area contributed by atoms with E-state index in [2.05, 4.69) is 5.32 Å². The minimum absolute atomic E-state index is 0.129. The van der Waals surface area contributed by atoms with Gasteiger partial charge in [0.2, 0.25) is 0 Å². The van der Waals surface area contributed by atoms with Crippen LogP contribution in [0.15, 0.2) is 47.4 Å². The number of nitrogen functional groups attached to an aromatic ring is 1. The first-order valence-electron chi connectivity index (χ1n) is 5.49. The van der Waals surface area contributed by atoms with Crippen molar-refractivity contribution in [2.75, 3.05) is 17.3 Å². The summed E-state index contributed by atoms with van der Waals surface area (Å²) in [7, 11) is -3.30. The molecule has 0 amide bonds. The van der Waals surface area contributed by atoms with E-state index in [9.17, 15) is 12.8 Å². The maximum atomic E-state index is 13.5. The van der Waals surface area contributed by atoms with Crippen molar-refractivity contribution < 1.29 is 12.8 Å². The number of nitrogens with two attached hydrogens (primary N) is 1. The minimum atomic E-state index is -3.30. The van der Waals surface area contributed by atoms with Crippen LogP contribution in [0.1, 0.15) is 0 Å². The average Bonchev–Trinajstić information content (AvgIpc) is 2.33. The summed E-state index contributed by atoms with van der Waals surface area (Å²) in [4.78, 5) is 0.129. The van der Waals surface area contributed by atoms with Gasteiger partial charge < -0.3 is 11.1 Å². The first kappa shape index (κ1) is 13.4. The maximum absolute atomic E-state index is 13.5. The van der Waals surface area contributed by atoms with Gasteiger partial charge in [-0.25, -0.2) is 12.8 Å². The van der Waals surface area contributed by atoms with Crippen LogP contribution in [0, 0.1) is 5.82 Å². The van der Waals surface area contributed by atoms with Gasteiger partial charge in [-0.1, -0.05) is 12.1 Å². The highest BCUT2D eigenvalue weighted by molar-refractivity contribution is 7.90. The number of anilines is 3. The van der Waals surface area contributed by atoms with E-state index in [1.807, 2.05) is 0 Å². The summed E-state index contributed by atoms with van der Waals surface area (Å²) in [5, 5.41) is 2.82. The van der Waals surface area contributed by atoms with Gasteiger partial charge in [-0.3, -0.25) is 0 Å². The molecule has 6 heteroatoms.